The van der Waals surface area contributed by atoms with Gasteiger partial charge < -0.3 is 10.5 Å². The van der Waals surface area contributed by atoms with Gasteiger partial charge in [0.25, 0.3) is 0 Å². The fraction of sp³-hybridized carbons (Fsp3) is 0.188. The molecule has 1 unspecified atom stereocenters. The fourth-order valence-corrected chi connectivity index (χ4v) is 1.96. The molecule has 0 amide bonds. The van der Waals surface area contributed by atoms with E-state index < -0.39 is 0 Å². The summed E-state index contributed by atoms with van der Waals surface area (Å²) in [4.78, 5) is 4.53. The molecule has 3 nitrogen and oxygen atoms in total. The van der Waals surface area contributed by atoms with Gasteiger partial charge in [-0.25, -0.2) is 0 Å². The SMILES string of the molecule is COc1cccc(C(C#CN)c2cccc(C)n2)c1. The third-order valence-electron chi connectivity index (χ3n) is 2.86. The van der Waals surface area contributed by atoms with Gasteiger partial charge in [-0.15, -0.1) is 0 Å². The number of hydrogen-bond acceptors (Lipinski definition) is 3. The van der Waals surface area contributed by atoms with Gasteiger partial charge in [-0.2, -0.15) is 0 Å². The molecule has 1 atom stereocenters. The molecule has 0 saturated carbocycles. The first-order valence-corrected chi connectivity index (χ1v) is 6.03. The maximum atomic E-state index is 5.39. The van der Waals surface area contributed by atoms with Crippen LogP contribution in [0.3, 0.4) is 0 Å². The Hall–Kier alpha value is -2.47. The average molecular weight is 252 g/mol. The summed E-state index contributed by atoms with van der Waals surface area (Å²) in [6, 6.07) is 16.2. The van der Waals surface area contributed by atoms with Crippen molar-refractivity contribution in [1.82, 2.24) is 4.98 Å². The zero-order valence-electron chi connectivity index (χ0n) is 11.1. The van der Waals surface area contributed by atoms with Crippen molar-refractivity contribution >= 4 is 0 Å². The highest BCUT2D eigenvalue weighted by atomic mass is 16.5. The van der Waals surface area contributed by atoms with E-state index in [-0.39, 0.29) is 5.92 Å². The van der Waals surface area contributed by atoms with E-state index in [1.807, 2.05) is 49.4 Å². The highest BCUT2D eigenvalue weighted by Gasteiger charge is 2.13. The van der Waals surface area contributed by atoms with Crippen LogP contribution in [0.15, 0.2) is 42.5 Å². The number of nitrogens with zero attached hydrogens (tertiary/aromatic N) is 1. The van der Waals surface area contributed by atoms with E-state index in [2.05, 4.69) is 16.9 Å². The monoisotopic (exact) mass is 252 g/mol. The van der Waals surface area contributed by atoms with Gasteiger partial charge in [-0.05, 0) is 36.8 Å². The molecule has 96 valence electrons. The Morgan fingerprint density at radius 1 is 1.21 bits per heavy atom. The molecule has 2 rings (SSSR count). The smallest absolute Gasteiger partial charge is 0.119 e. The lowest BCUT2D eigenvalue weighted by Crippen LogP contribution is -2.03. The molecule has 0 aliphatic rings. The number of ether oxygens (including phenoxy) is 1. The molecule has 2 aromatic rings. The molecular formula is C16H16N2O. The number of hydrogen-bond donors (Lipinski definition) is 1. The molecule has 0 aliphatic heterocycles. The van der Waals surface area contributed by atoms with Crippen molar-refractivity contribution in [2.75, 3.05) is 7.11 Å². The van der Waals surface area contributed by atoms with E-state index in [0.29, 0.717) is 0 Å². The number of nitrogens with two attached hydrogens (primary N) is 1. The zero-order valence-corrected chi connectivity index (χ0v) is 11.1. The molecule has 1 aromatic heterocycles. The first-order valence-electron chi connectivity index (χ1n) is 6.03. The largest absolute Gasteiger partial charge is 0.497 e. The van der Waals surface area contributed by atoms with Crippen LogP contribution in [0.1, 0.15) is 22.9 Å². The van der Waals surface area contributed by atoms with E-state index in [4.69, 9.17) is 10.5 Å². The molecule has 0 fully saturated rings. The number of aryl methyl sites for hydroxylation is 1. The predicted molar refractivity (Wildman–Crippen MR) is 75.8 cm³/mol. The first kappa shape index (κ1) is 13.0. The Morgan fingerprint density at radius 3 is 2.68 bits per heavy atom. The topological polar surface area (TPSA) is 48.1 Å². The summed E-state index contributed by atoms with van der Waals surface area (Å²) in [5.41, 5.74) is 8.27. The van der Waals surface area contributed by atoms with Gasteiger partial charge in [-0.3, -0.25) is 4.98 Å². The third-order valence-corrected chi connectivity index (χ3v) is 2.86. The highest BCUT2D eigenvalue weighted by Crippen LogP contribution is 2.25. The second-order valence-electron chi connectivity index (χ2n) is 4.20. The second kappa shape index (κ2) is 5.92. The van der Waals surface area contributed by atoms with Crippen LogP contribution in [0, 0.1) is 18.9 Å². The molecule has 0 spiro atoms. The summed E-state index contributed by atoms with van der Waals surface area (Å²) in [7, 11) is 1.65. The third kappa shape index (κ3) is 3.05. The Morgan fingerprint density at radius 2 is 2.00 bits per heavy atom. The molecule has 1 heterocycles. The minimum Gasteiger partial charge on any atom is -0.497 e. The van der Waals surface area contributed by atoms with Crippen molar-refractivity contribution < 1.29 is 4.74 Å². The van der Waals surface area contributed by atoms with Crippen molar-refractivity contribution in [2.45, 2.75) is 12.8 Å². The van der Waals surface area contributed by atoms with Crippen LogP contribution >= 0.6 is 0 Å². The quantitative estimate of drug-likeness (QED) is 0.674. The van der Waals surface area contributed by atoms with Crippen molar-refractivity contribution in [2.24, 2.45) is 5.73 Å². The molecule has 2 N–H and O–H groups in total. The molecule has 0 bridgehead atoms. The van der Waals surface area contributed by atoms with Gasteiger partial charge in [-0.1, -0.05) is 24.1 Å². The summed E-state index contributed by atoms with van der Waals surface area (Å²) < 4.78 is 5.24. The highest BCUT2D eigenvalue weighted by molar-refractivity contribution is 5.41. The normalized spacial score (nSPS) is 11.3. The molecule has 0 radical (unpaired) electrons. The first-order chi connectivity index (χ1) is 9.24. The van der Waals surface area contributed by atoms with Crippen LogP contribution in [0.25, 0.3) is 0 Å². The Bertz CT molecular complexity index is 626. The molecule has 19 heavy (non-hydrogen) atoms. The molecule has 0 saturated heterocycles. The van der Waals surface area contributed by atoms with E-state index in [9.17, 15) is 0 Å². The van der Waals surface area contributed by atoms with Crippen LogP contribution in [0.5, 0.6) is 5.75 Å². The van der Waals surface area contributed by atoms with Crippen LogP contribution < -0.4 is 10.5 Å². The van der Waals surface area contributed by atoms with Gasteiger partial charge in [0.05, 0.1) is 18.7 Å². The molecule has 1 aromatic carbocycles. The lowest BCUT2D eigenvalue weighted by Gasteiger charge is -2.12. The number of methoxy groups -OCH3 is 1. The van der Waals surface area contributed by atoms with Gasteiger partial charge in [0, 0.05) is 11.7 Å². The minimum absolute atomic E-state index is 0.139. The minimum atomic E-state index is -0.139. The zero-order chi connectivity index (χ0) is 13.7. The number of rotatable bonds is 3. The maximum Gasteiger partial charge on any atom is 0.119 e. The lowest BCUT2D eigenvalue weighted by molar-refractivity contribution is 0.414. The van der Waals surface area contributed by atoms with E-state index >= 15 is 0 Å². The standard InChI is InChI=1S/C16H16N2O/c1-12-5-3-8-16(18-12)15(9-10-17)13-6-4-7-14(11-13)19-2/h3-8,11,15H,17H2,1-2H3. The Kier molecular flexibility index (Phi) is 4.04. The summed E-state index contributed by atoms with van der Waals surface area (Å²) in [6.45, 7) is 1.96. The van der Waals surface area contributed by atoms with Gasteiger partial charge in [0.2, 0.25) is 0 Å². The van der Waals surface area contributed by atoms with Crippen molar-refractivity contribution in [3.63, 3.8) is 0 Å². The lowest BCUT2D eigenvalue weighted by atomic mass is 9.95. The molecule has 3 heteroatoms. The average Bonchev–Trinajstić information content (AvgIpc) is 2.45. The van der Waals surface area contributed by atoms with E-state index in [1.165, 1.54) is 0 Å². The fourth-order valence-electron chi connectivity index (χ4n) is 1.96. The molecule has 0 aliphatic carbocycles. The summed E-state index contributed by atoms with van der Waals surface area (Å²) in [5.74, 6) is 3.66. The number of benzene rings is 1. The van der Waals surface area contributed by atoms with Gasteiger partial charge in [0.1, 0.15) is 5.75 Å². The second-order valence-corrected chi connectivity index (χ2v) is 4.20. The summed E-state index contributed by atoms with van der Waals surface area (Å²) in [5, 5.41) is 0. The Balaban J connectivity index is 2.47. The van der Waals surface area contributed by atoms with Crippen molar-refractivity contribution in [1.29, 1.82) is 0 Å². The number of pyridine rings is 1. The van der Waals surface area contributed by atoms with Gasteiger partial charge >= 0.3 is 0 Å². The van der Waals surface area contributed by atoms with Crippen LogP contribution in [-0.2, 0) is 0 Å². The van der Waals surface area contributed by atoms with Crippen LogP contribution in [0.4, 0.5) is 0 Å². The Labute approximate surface area is 113 Å². The van der Waals surface area contributed by atoms with Crippen molar-refractivity contribution in [3.8, 4) is 17.7 Å². The summed E-state index contributed by atoms with van der Waals surface area (Å²) >= 11 is 0. The van der Waals surface area contributed by atoms with Crippen LogP contribution in [-0.4, -0.2) is 12.1 Å². The van der Waals surface area contributed by atoms with E-state index in [0.717, 1.165) is 22.7 Å². The maximum absolute atomic E-state index is 5.39. The molecular weight excluding hydrogens is 236 g/mol. The van der Waals surface area contributed by atoms with Gasteiger partial charge in [0.15, 0.2) is 0 Å². The van der Waals surface area contributed by atoms with E-state index in [1.54, 1.807) is 7.11 Å². The van der Waals surface area contributed by atoms with Crippen LogP contribution in [0.2, 0.25) is 0 Å². The predicted octanol–water partition coefficient (Wildman–Crippen LogP) is 2.45. The summed E-state index contributed by atoms with van der Waals surface area (Å²) in [6.07, 6.45) is 0. The number of aromatic nitrogens is 1. The van der Waals surface area contributed by atoms with Crippen molar-refractivity contribution in [3.05, 3.63) is 59.4 Å².